The highest BCUT2D eigenvalue weighted by molar-refractivity contribution is 7.18. The molecule has 8 heteroatoms. The number of para-hydroxylation sites is 1. The molecule has 34 heavy (non-hydrogen) atoms. The van der Waals surface area contributed by atoms with Gasteiger partial charge in [0.15, 0.2) is 0 Å². The van der Waals surface area contributed by atoms with E-state index in [9.17, 15) is 14.9 Å². The molecule has 0 bridgehead atoms. The van der Waals surface area contributed by atoms with E-state index in [0.29, 0.717) is 38.3 Å². The van der Waals surface area contributed by atoms with Crippen molar-refractivity contribution in [2.75, 3.05) is 19.5 Å². The van der Waals surface area contributed by atoms with Crippen LogP contribution in [0.25, 0.3) is 22.2 Å². The summed E-state index contributed by atoms with van der Waals surface area (Å²) in [6.45, 7) is 3.50. The number of nitrogens with one attached hydrogen (secondary N) is 1. The van der Waals surface area contributed by atoms with Crippen molar-refractivity contribution >= 4 is 39.1 Å². The molecule has 2 aromatic heterocycles. The van der Waals surface area contributed by atoms with Gasteiger partial charge in [-0.1, -0.05) is 18.2 Å². The van der Waals surface area contributed by atoms with Crippen molar-refractivity contribution in [2.24, 2.45) is 0 Å². The number of hydrogen-bond acceptors (Lipinski definition) is 7. The Morgan fingerprint density at radius 1 is 1.03 bits per heavy atom. The molecule has 2 heterocycles. The number of fused-ring (bicyclic) bond motifs is 1. The van der Waals surface area contributed by atoms with Crippen molar-refractivity contribution in [3.05, 3.63) is 75.7 Å². The molecule has 0 atom stereocenters. The first-order chi connectivity index (χ1) is 16.4. The molecular weight excluding hydrogens is 450 g/mol. The molecule has 0 radical (unpaired) electrons. The number of thiophene rings is 1. The number of ether oxygens (including phenoxy) is 2. The van der Waals surface area contributed by atoms with E-state index in [1.54, 1.807) is 14.0 Å². The largest absolute Gasteiger partial charge is 0.497 e. The zero-order valence-corrected chi connectivity index (χ0v) is 19.9. The number of nitriles is 1. The fraction of sp³-hybridized carbons (Fsp3) is 0.154. The summed E-state index contributed by atoms with van der Waals surface area (Å²) in [6.07, 6.45) is 0. The van der Waals surface area contributed by atoms with E-state index in [4.69, 9.17) is 14.5 Å². The van der Waals surface area contributed by atoms with Crippen molar-refractivity contribution in [1.82, 2.24) is 4.98 Å². The molecule has 1 N–H and O–H groups in total. The van der Waals surface area contributed by atoms with Gasteiger partial charge in [-0.15, -0.1) is 11.3 Å². The molecule has 1 amide bonds. The van der Waals surface area contributed by atoms with Crippen molar-refractivity contribution in [3.63, 3.8) is 0 Å². The van der Waals surface area contributed by atoms with E-state index >= 15 is 0 Å². The fourth-order valence-corrected chi connectivity index (χ4v) is 4.89. The Bertz CT molecular complexity index is 1470. The molecule has 0 aliphatic rings. The maximum absolute atomic E-state index is 13.6. The number of pyridine rings is 1. The van der Waals surface area contributed by atoms with Gasteiger partial charge < -0.3 is 14.8 Å². The number of rotatable bonds is 5. The number of hydrogen-bond donors (Lipinski definition) is 1. The third-order valence-electron chi connectivity index (χ3n) is 5.58. The van der Waals surface area contributed by atoms with Gasteiger partial charge in [0.1, 0.15) is 21.7 Å². The Hall–Kier alpha value is -4.22. The van der Waals surface area contributed by atoms with E-state index < -0.39 is 5.97 Å². The second-order valence-corrected chi connectivity index (χ2v) is 8.54. The Labute approximate surface area is 200 Å². The Morgan fingerprint density at radius 2 is 1.74 bits per heavy atom. The topological polar surface area (TPSA) is 101 Å². The highest BCUT2D eigenvalue weighted by Crippen LogP contribution is 2.35. The Morgan fingerprint density at radius 3 is 2.38 bits per heavy atom. The molecule has 0 unspecified atom stereocenters. The first-order valence-electron chi connectivity index (χ1n) is 10.4. The number of nitrogens with zero attached hydrogens (tertiary/aromatic N) is 2. The number of amides is 1. The summed E-state index contributed by atoms with van der Waals surface area (Å²) in [5, 5.41) is 13.5. The minimum absolute atomic E-state index is 0.241. The lowest BCUT2D eigenvalue weighted by molar-refractivity contribution is 0.0605. The molecule has 0 aliphatic heterocycles. The minimum Gasteiger partial charge on any atom is -0.497 e. The van der Waals surface area contributed by atoms with Crippen LogP contribution in [0.1, 0.15) is 36.7 Å². The molecule has 170 valence electrons. The van der Waals surface area contributed by atoms with Crippen LogP contribution in [0.2, 0.25) is 0 Å². The predicted molar refractivity (Wildman–Crippen MR) is 132 cm³/mol. The average Bonchev–Trinajstić information content (AvgIpc) is 3.17. The number of methoxy groups -OCH3 is 2. The monoisotopic (exact) mass is 471 g/mol. The quantitative estimate of drug-likeness (QED) is 0.386. The van der Waals surface area contributed by atoms with E-state index in [0.717, 1.165) is 22.6 Å². The van der Waals surface area contributed by atoms with Gasteiger partial charge in [0.2, 0.25) is 0 Å². The van der Waals surface area contributed by atoms with Crippen LogP contribution in [-0.4, -0.2) is 31.1 Å². The van der Waals surface area contributed by atoms with E-state index in [-0.39, 0.29) is 16.3 Å². The molecule has 7 nitrogen and oxygen atoms in total. The van der Waals surface area contributed by atoms with Gasteiger partial charge in [-0.2, -0.15) is 5.26 Å². The number of benzene rings is 2. The van der Waals surface area contributed by atoms with Gasteiger partial charge in [0.05, 0.1) is 36.6 Å². The standard InChI is InChI=1S/C26H21N3O4S/c1-14-19(13-27)25(34-23(14)26(31)33-4)29-24(30)21-15(2)22(16-9-11-17(32-3)12-10-16)28-20-8-6-5-7-18(20)21/h5-12H,1-4H3,(H,29,30). The highest BCUT2D eigenvalue weighted by Gasteiger charge is 2.24. The summed E-state index contributed by atoms with van der Waals surface area (Å²) in [5.74, 6) is -0.217. The molecule has 4 rings (SSSR count). The summed E-state index contributed by atoms with van der Waals surface area (Å²) in [5.41, 5.74) is 4.05. The lowest BCUT2D eigenvalue weighted by Crippen LogP contribution is -2.15. The van der Waals surface area contributed by atoms with Crippen LogP contribution in [0.15, 0.2) is 48.5 Å². The first-order valence-corrected chi connectivity index (χ1v) is 11.2. The number of carbonyl (C=O) groups excluding carboxylic acids is 2. The van der Waals surface area contributed by atoms with Crippen molar-refractivity contribution in [1.29, 1.82) is 5.26 Å². The normalized spacial score (nSPS) is 10.6. The maximum Gasteiger partial charge on any atom is 0.348 e. The summed E-state index contributed by atoms with van der Waals surface area (Å²) in [4.78, 5) is 30.8. The molecule has 0 spiro atoms. The lowest BCUT2D eigenvalue weighted by atomic mass is 9.97. The van der Waals surface area contributed by atoms with Gasteiger partial charge in [0, 0.05) is 10.9 Å². The van der Waals surface area contributed by atoms with Gasteiger partial charge in [-0.05, 0) is 55.3 Å². The van der Waals surface area contributed by atoms with Crippen LogP contribution in [0.5, 0.6) is 5.75 Å². The van der Waals surface area contributed by atoms with Crippen LogP contribution >= 0.6 is 11.3 Å². The summed E-state index contributed by atoms with van der Waals surface area (Å²) >= 11 is 1.02. The van der Waals surface area contributed by atoms with Crippen LogP contribution in [0.4, 0.5) is 5.00 Å². The zero-order valence-electron chi connectivity index (χ0n) is 19.1. The first kappa shape index (κ1) is 23.0. The van der Waals surface area contributed by atoms with Crippen LogP contribution in [0, 0.1) is 25.2 Å². The predicted octanol–water partition coefficient (Wildman–Crippen LogP) is 5.50. The van der Waals surface area contributed by atoms with Gasteiger partial charge in [0.25, 0.3) is 5.91 Å². The minimum atomic E-state index is -0.549. The third kappa shape index (κ3) is 3.98. The molecule has 0 saturated heterocycles. The molecule has 0 saturated carbocycles. The maximum atomic E-state index is 13.6. The average molecular weight is 472 g/mol. The van der Waals surface area contributed by atoms with Gasteiger partial charge in [-0.3, -0.25) is 4.79 Å². The van der Waals surface area contributed by atoms with Crippen LogP contribution in [0.3, 0.4) is 0 Å². The molecular formula is C26H21N3O4S. The molecule has 2 aromatic carbocycles. The van der Waals surface area contributed by atoms with Crippen LogP contribution in [-0.2, 0) is 4.74 Å². The smallest absolute Gasteiger partial charge is 0.348 e. The van der Waals surface area contributed by atoms with Crippen molar-refractivity contribution < 1.29 is 19.1 Å². The number of anilines is 1. The van der Waals surface area contributed by atoms with E-state index in [2.05, 4.69) is 11.4 Å². The fourth-order valence-electron chi connectivity index (χ4n) is 3.82. The van der Waals surface area contributed by atoms with E-state index in [1.165, 1.54) is 7.11 Å². The highest BCUT2D eigenvalue weighted by atomic mass is 32.1. The van der Waals surface area contributed by atoms with Gasteiger partial charge in [-0.25, -0.2) is 9.78 Å². The van der Waals surface area contributed by atoms with Crippen molar-refractivity contribution in [3.8, 4) is 23.1 Å². The molecule has 0 fully saturated rings. The lowest BCUT2D eigenvalue weighted by Gasteiger charge is -2.15. The molecule has 4 aromatic rings. The number of esters is 1. The SMILES string of the molecule is COC(=O)c1sc(NC(=O)c2c(C)c(-c3ccc(OC)cc3)nc3ccccc23)c(C#N)c1C. The van der Waals surface area contributed by atoms with E-state index in [1.807, 2.05) is 55.5 Å². The van der Waals surface area contributed by atoms with Gasteiger partial charge >= 0.3 is 5.97 Å². The zero-order chi connectivity index (χ0) is 24.4. The summed E-state index contributed by atoms with van der Waals surface area (Å²) < 4.78 is 10.1. The van der Waals surface area contributed by atoms with Crippen molar-refractivity contribution in [2.45, 2.75) is 13.8 Å². The Kier molecular flexibility index (Phi) is 6.30. The second kappa shape index (κ2) is 9.33. The molecule has 0 aliphatic carbocycles. The Balaban J connectivity index is 1.84. The number of carbonyl (C=O) groups is 2. The second-order valence-electron chi connectivity index (χ2n) is 7.52. The third-order valence-corrected chi connectivity index (χ3v) is 6.77. The number of aromatic nitrogens is 1. The summed E-state index contributed by atoms with van der Waals surface area (Å²) in [7, 11) is 2.88. The summed E-state index contributed by atoms with van der Waals surface area (Å²) in [6, 6.07) is 17.0. The van der Waals surface area contributed by atoms with Crippen LogP contribution < -0.4 is 10.1 Å².